The van der Waals surface area contributed by atoms with Gasteiger partial charge in [0.2, 0.25) is 0 Å². The van der Waals surface area contributed by atoms with Crippen molar-refractivity contribution >= 4 is 35.1 Å². The molecular formula is C26H22FN3O2S2. The number of thioether (sulfide) groups is 1. The molecule has 0 spiro atoms. The minimum atomic E-state index is -0.349. The Morgan fingerprint density at radius 1 is 1.00 bits per heavy atom. The van der Waals surface area contributed by atoms with Crippen LogP contribution in [0.15, 0.2) is 100 Å². The quantitative estimate of drug-likeness (QED) is 0.207. The van der Waals surface area contributed by atoms with Crippen LogP contribution in [0.1, 0.15) is 23.0 Å². The van der Waals surface area contributed by atoms with Crippen LogP contribution in [0, 0.1) is 5.82 Å². The van der Waals surface area contributed by atoms with E-state index in [0.29, 0.717) is 33.7 Å². The molecular weight excluding hydrogens is 469 g/mol. The fourth-order valence-corrected chi connectivity index (χ4v) is 4.72. The summed E-state index contributed by atoms with van der Waals surface area (Å²) in [7, 11) is 0. The maximum absolute atomic E-state index is 14.0. The molecule has 0 aliphatic heterocycles. The number of aromatic nitrogens is 2. The van der Waals surface area contributed by atoms with Crippen LogP contribution < -0.4 is 10.1 Å². The Kier molecular flexibility index (Phi) is 8.17. The molecule has 0 unspecified atom stereocenters. The molecule has 34 heavy (non-hydrogen) atoms. The molecule has 4 aromatic rings. The topological polar surface area (TPSA) is 64.1 Å². The highest BCUT2D eigenvalue weighted by molar-refractivity contribution is 7.99. The third-order valence-corrected chi connectivity index (χ3v) is 6.59. The summed E-state index contributed by atoms with van der Waals surface area (Å²) in [6.45, 7) is 2.48. The van der Waals surface area contributed by atoms with E-state index in [4.69, 9.17) is 4.74 Å². The molecule has 0 fully saturated rings. The third kappa shape index (κ3) is 6.36. The molecule has 0 bridgehead atoms. The van der Waals surface area contributed by atoms with Crippen molar-refractivity contribution in [1.82, 2.24) is 9.97 Å². The predicted molar refractivity (Wildman–Crippen MR) is 134 cm³/mol. The van der Waals surface area contributed by atoms with E-state index in [9.17, 15) is 9.18 Å². The minimum absolute atomic E-state index is 0.258. The molecule has 1 amide bonds. The molecule has 0 aliphatic rings. The average Bonchev–Trinajstić information content (AvgIpc) is 2.86. The number of hydrogen-bond acceptors (Lipinski definition) is 6. The first-order valence-corrected chi connectivity index (χ1v) is 12.4. The normalized spacial score (nSPS) is 10.6. The molecule has 8 heteroatoms. The number of anilines is 1. The van der Waals surface area contributed by atoms with Gasteiger partial charge in [0.25, 0.3) is 5.91 Å². The highest BCUT2D eigenvalue weighted by Gasteiger charge is 2.18. The fourth-order valence-electron chi connectivity index (χ4n) is 3.03. The van der Waals surface area contributed by atoms with Crippen LogP contribution in [0.5, 0.6) is 5.75 Å². The van der Waals surface area contributed by atoms with Gasteiger partial charge in [-0.2, -0.15) is 0 Å². The highest BCUT2D eigenvalue weighted by Crippen LogP contribution is 2.31. The van der Waals surface area contributed by atoms with E-state index in [-0.39, 0.29) is 17.4 Å². The summed E-state index contributed by atoms with van der Waals surface area (Å²) < 4.78 is 19.5. The van der Waals surface area contributed by atoms with Crippen molar-refractivity contribution < 1.29 is 13.9 Å². The van der Waals surface area contributed by atoms with Crippen LogP contribution in [-0.2, 0) is 5.75 Å². The SMILES string of the molecule is CCOc1ccc(NC(=O)c2nc(SCc3ccccc3F)ncc2Sc2ccccc2)cc1. The number of nitrogens with one attached hydrogen (secondary N) is 1. The van der Waals surface area contributed by atoms with Crippen LogP contribution in [0.25, 0.3) is 0 Å². The second-order valence-electron chi connectivity index (χ2n) is 7.07. The van der Waals surface area contributed by atoms with Gasteiger partial charge < -0.3 is 10.1 Å². The van der Waals surface area contributed by atoms with Gasteiger partial charge in [-0.1, -0.05) is 59.9 Å². The smallest absolute Gasteiger partial charge is 0.275 e. The number of rotatable bonds is 9. The number of hydrogen-bond donors (Lipinski definition) is 1. The maximum atomic E-state index is 14.0. The lowest BCUT2D eigenvalue weighted by molar-refractivity contribution is 0.101. The van der Waals surface area contributed by atoms with Gasteiger partial charge in [0, 0.05) is 22.5 Å². The van der Waals surface area contributed by atoms with Crippen LogP contribution in [0.4, 0.5) is 10.1 Å². The number of carbonyl (C=O) groups is 1. The van der Waals surface area contributed by atoms with E-state index < -0.39 is 0 Å². The monoisotopic (exact) mass is 491 g/mol. The van der Waals surface area contributed by atoms with E-state index in [1.807, 2.05) is 37.3 Å². The van der Waals surface area contributed by atoms with E-state index in [1.54, 1.807) is 48.7 Å². The predicted octanol–water partition coefficient (Wildman–Crippen LogP) is 6.71. The molecule has 172 valence electrons. The summed E-state index contributed by atoms with van der Waals surface area (Å²) in [5.74, 6) is 0.463. The van der Waals surface area contributed by atoms with E-state index in [1.165, 1.54) is 29.6 Å². The molecule has 1 N–H and O–H groups in total. The van der Waals surface area contributed by atoms with Gasteiger partial charge in [0.05, 0.1) is 11.5 Å². The van der Waals surface area contributed by atoms with Crippen LogP contribution in [0.3, 0.4) is 0 Å². The lowest BCUT2D eigenvalue weighted by atomic mass is 10.2. The second kappa shape index (κ2) is 11.7. The third-order valence-electron chi connectivity index (χ3n) is 4.66. The van der Waals surface area contributed by atoms with Crippen molar-refractivity contribution in [1.29, 1.82) is 0 Å². The van der Waals surface area contributed by atoms with E-state index >= 15 is 0 Å². The van der Waals surface area contributed by atoms with Crippen LogP contribution in [-0.4, -0.2) is 22.5 Å². The van der Waals surface area contributed by atoms with Crippen molar-refractivity contribution in [2.45, 2.75) is 27.6 Å². The lowest BCUT2D eigenvalue weighted by Crippen LogP contribution is -2.16. The fraction of sp³-hybridized carbons (Fsp3) is 0.115. The molecule has 0 saturated heterocycles. The molecule has 0 saturated carbocycles. The molecule has 1 heterocycles. The van der Waals surface area contributed by atoms with Gasteiger partial charge in [-0.15, -0.1) is 0 Å². The summed E-state index contributed by atoms with van der Waals surface area (Å²) in [6.07, 6.45) is 1.64. The number of nitrogens with zero attached hydrogens (tertiary/aromatic N) is 2. The Hall–Kier alpha value is -3.36. The standard InChI is InChI=1S/C26H22FN3O2S2/c1-2-32-20-14-12-19(13-15-20)29-25(31)24-23(34-21-9-4-3-5-10-21)16-28-26(30-24)33-17-18-8-6-7-11-22(18)27/h3-16H,2,17H2,1H3,(H,29,31). The highest BCUT2D eigenvalue weighted by atomic mass is 32.2. The second-order valence-corrected chi connectivity index (χ2v) is 9.13. The number of carbonyl (C=O) groups excluding carboxylic acids is 1. The first-order chi connectivity index (χ1) is 16.6. The number of amides is 1. The zero-order valence-corrected chi connectivity index (χ0v) is 20.0. The Morgan fingerprint density at radius 3 is 2.47 bits per heavy atom. The van der Waals surface area contributed by atoms with Crippen molar-refractivity contribution in [3.05, 3.63) is 102 Å². The van der Waals surface area contributed by atoms with Gasteiger partial charge in [0.15, 0.2) is 5.16 Å². The Bertz CT molecular complexity index is 1250. The lowest BCUT2D eigenvalue weighted by Gasteiger charge is -2.11. The van der Waals surface area contributed by atoms with E-state index in [2.05, 4.69) is 15.3 Å². The first kappa shape index (κ1) is 23.8. The largest absolute Gasteiger partial charge is 0.494 e. The molecule has 0 radical (unpaired) electrons. The molecule has 4 rings (SSSR count). The number of ether oxygens (including phenoxy) is 1. The Balaban J connectivity index is 1.57. The minimum Gasteiger partial charge on any atom is -0.494 e. The summed E-state index contributed by atoms with van der Waals surface area (Å²) in [5.41, 5.74) is 1.44. The van der Waals surface area contributed by atoms with Crippen molar-refractivity contribution in [3.63, 3.8) is 0 Å². The maximum Gasteiger partial charge on any atom is 0.275 e. The summed E-state index contributed by atoms with van der Waals surface area (Å²) in [5, 5.41) is 3.30. The van der Waals surface area contributed by atoms with Crippen molar-refractivity contribution in [3.8, 4) is 5.75 Å². The van der Waals surface area contributed by atoms with Crippen LogP contribution >= 0.6 is 23.5 Å². The summed E-state index contributed by atoms with van der Waals surface area (Å²) in [4.78, 5) is 23.7. The van der Waals surface area contributed by atoms with Gasteiger partial charge in [-0.05, 0) is 55.0 Å². The van der Waals surface area contributed by atoms with Gasteiger partial charge in [-0.3, -0.25) is 4.79 Å². The Morgan fingerprint density at radius 2 is 1.74 bits per heavy atom. The molecule has 5 nitrogen and oxygen atoms in total. The summed E-state index contributed by atoms with van der Waals surface area (Å²) >= 11 is 2.69. The van der Waals surface area contributed by atoms with Crippen molar-refractivity contribution in [2.75, 3.05) is 11.9 Å². The summed E-state index contributed by atoms with van der Waals surface area (Å²) in [6, 6.07) is 23.5. The van der Waals surface area contributed by atoms with Gasteiger partial charge in [0.1, 0.15) is 17.3 Å². The van der Waals surface area contributed by atoms with Gasteiger partial charge in [-0.25, -0.2) is 14.4 Å². The zero-order valence-electron chi connectivity index (χ0n) is 18.4. The van der Waals surface area contributed by atoms with E-state index in [0.717, 1.165) is 10.6 Å². The molecule has 3 aromatic carbocycles. The number of benzene rings is 3. The van der Waals surface area contributed by atoms with Crippen LogP contribution in [0.2, 0.25) is 0 Å². The molecule has 1 aromatic heterocycles. The zero-order chi connectivity index (χ0) is 23.8. The molecule has 0 atom stereocenters. The Labute approximate surface area is 206 Å². The van der Waals surface area contributed by atoms with Crippen molar-refractivity contribution in [2.24, 2.45) is 0 Å². The number of halogens is 1. The van der Waals surface area contributed by atoms with Gasteiger partial charge >= 0.3 is 0 Å². The average molecular weight is 492 g/mol. The first-order valence-electron chi connectivity index (χ1n) is 10.6. The molecule has 0 aliphatic carbocycles.